The third kappa shape index (κ3) is 2.40. The van der Waals surface area contributed by atoms with Crippen molar-refractivity contribution in [2.45, 2.75) is 4.90 Å². The number of anilines is 1. The Bertz CT molecular complexity index is 743. The van der Waals surface area contributed by atoms with Gasteiger partial charge in [0.2, 0.25) is 10.0 Å². The fraction of sp³-hybridized carbons (Fsp3) is 0.0769. The molecule has 7 heteroatoms. The average Bonchev–Trinajstić information content (AvgIpc) is 2.41. The zero-order valence-electron chi connectivity index (χ0n) is 10.7. The lowest BCUT2D eigenvalue weighted by Gasteiger charge is -2.14. The van der Waals surface area contributed by atoms with Gasteiger partial charge in [0.15, 0.2) is 10.6 Å². The molecule has 2 aromatic carbocycles. The highest BCUT2D eigenvalue weighted by atomic mass is 32.2. The van der Waals surface area contributed by atoms with Crippen molar-refractivity contribution in [1.82, 2.24) is 0 Å². The topological polar surface area (TPSA) is 116 Å². The summed E-state index contributed by atoms with van der Waals surface area (Å²) < 4.78 is 28.0. The summed E-state index contributed by atoms with van der Waals surface area (Å²) >= 11 is 0. The highest BCUT2D eigenvalue weighted by molar-refractivity contribution is 7.89. The van der Waals surface area contributed by atoms with E-state index in [1.165, 1.54) is 13.2 Å². The number of methoxy groups -OCH3 is 1. The predicted octanol–water partition coefficient (Wildman–Crippen LogP) is 1.30. The molecular weight excluding hydrogens is 280 g/mol. The Morgan fingerprint density at radius 1 is 1.20 bits per heavy atom. The fourth-order valence-corrected chi connectivity index (χ4v) is 2.73. The predicted molar refractivity (Wildman–Crippen MR) is 75.9 cm³/mol. The summed E-state index contributed by atoms with van der Waals surface area (Å²) in [6.07, 6.45) is 0. The van der Waals surface area contributed by atoms with Crippen LogP contribution in [0.3, 0.4) is 0 Å². The van der Waals surface area contributed by atoms with Crippen LogP contribution in [0.5, 0.6) is 11.5 Å². The first-order valence-electron chi connectivity index (χ1n) is 5.64. The number of rotatable bonds is 3. The van der Waals surface area contributed by atoms with Gasteiger partial charge in [-0.3, -0.25) is 0 Å². The lowest BCUT2D eigenvalue weighted by atomic mass is 10.0. The Labute approximate surface area is 116 Å². The van der Waals surface area contributed by atoms with Crippen LogP contribution < -0.4 is 15.6 Å². The van der Waals surface area contributed by atoms with Gasteiger partial charge in [0.1, 0.15) is 5.75 Å². The number of aromatic hydroxyl groups is 1. The van der Waals surface area contributed by atoms with Gasteiger partial charge in [0.05, 0.1) is 12.8 Å². The van der Waals surface area contributed by atoms with Crippen LogP contribution in [0.25, 0.3) is 11.1 Å². The van der Waals surface area contributed by atoms with Crippen LogP contribution in [0.4, 0.5) is 5.69 Å². The van der Waals surface area contributed by atoms with Gasteiger partial charge in [-0.15, -0.1) is 0 Å². The maximum Gasteiger partial charge on any atom is 0.245 e. The quantitative estimate of drug-likeness (QED) is 0.583. The Morgan fingerprint density at radius 2 is 1.80 bits per heavy atom. The number of hydrogen-bond acceptors (Lipinski definition) is 5. The number of nitrogen functional groups attached to an aromatic ring is 1. The minimum absolute atomic E-state index is 0.0574. The maximum atomic E-state index is 11.5. The van der Waals surface area contributed by atoms with Gasteiger partial charge in [-0.2, -0.15) is 0 Å². The van der Waals surface area contributed by atoms with E-state index in [0.29, 0.717) is 5.56 Å². The van der Waals surface area contributed by atoms with Crippen molar-refractivity contribution in [1.29, 1.82) is 0 Å². The summed E-state index contributed by atoms with van der Waals surface area (Å²) in [7, 11) is -2.87. The number of benzene rings is 2. The number of phenolic OH excluding ortho intramolecular Hbond substituents is 1. The smallest absolute Gasteiger partial charge is 0.245 e. The number of primary sulfonamides is 1. The molecule has 2 rings (SSSR count). The van der Waals surface area contributed by atoms with E-state index in [9.17, 15) is 13.5 Å². The van der Waals surface area contributed by atoms with E-state index >= 15 is 0 Å². The van der Waals surface area contributed by atoms with Gasteiger partial charge < -0.3 is 15.6 Å². The second kappa shape index (κ2) is 5.03. The first-order chi connectivity index (χ1) is 9.36. The van der Waals surface area contributed by atoms with Crippen molar-refractivity contribution >= 4 is 15.7 Å². The van der Waals surface area contributed by atoms with E-state index in [2.05, 4.69) is 0 Å². The second-order valence-electron chi connectivity index (χ2n) is 4.13. The second-order valence-corrected chi connectivity index (χ2v) is 5.63. The number of nitrogens with two attached hydrogens (primary N) is 2. The van der Waals surface area contributed by atoms with Crippen LogP contribution in [0.15, 0.2) is 41.3 Å². The molecular formula is C13H14N2O4S. The summed E-state index contributed by atoms with van der Waals surface area (Å²) in [5.74, 6) is -0.663. The Hall–Kier alpha value is -2.25. The van der Waals surface area contributed by atoms with Crippen molar-refractivity contribution in [2.24, 2.45) is 5.14 Å². The van der Waals surface area contributed by atoms with E-state index in [-0.39, 0.29) is 11.4 Å². The van der Waals surface area contributed by atoms with Crippen LogP contribution in [-0.2, 0) is 10.0 Å². The molecule has 5 N–H and O–H groups in total. The highest BCUT2D eigenvalue weighted by Crippen LogP contribution is 2.43. The van der Waals surface area contributed by atoms with Crippen molar-refractivity contribution in [3.05, 3.63) is 36.4 Å². The molecule has 20 heavy (non-hydrogen) atoms. The molecule has 0 saturated carbocycles. The van der Waals surface area contributed by atoms with Crippen molar-refractivity contribution in [3.63, 3.8) is 0 Å². The van der Waals surface area contributed by atoms with Crippen LogP contribution in [0.2, 0.25) is 0 Å². The number of phenols is 1. The molecule has 0 heterocycles. The van der Waals surface area contributed by atoms with Crippen LogP contribution in [-0.4, -0.2) is 20.6 Å². The van der Waals surface area contributed by atoms with Gasteiger partial charge in [-0.1, -0.05) is 30.3 Å². The first-order valence-corrected chi connectivity index (χ1v) is 7.18. The first kappa shape index (κ1) is 14.2. The molecule has 2 aromatic rings. The van der Waals surface area contributed by atoms with Gasteiger partial charge in [-0.05, 0) is 11.6 Å². The monoisotopic (exact) mass is 294 g/mol. The van der Waals surface area contributed by atoms with E-state index in [0.717, 1.165) is 5.56 Å². The molecule has 0 amide bonds. The summed E-state index contributed by atoms with van der Waals surface area (Å²) in [5, 5.41) is 15.1. The molecule has 0 saturated heterocycles. The van der Waals surface area contributed by atoms with Gasteiger partial charge in [0, 0.05) is 5.56 Å². The van der Waals surface area contributed by atoms with E-state index < -0.39 is 20.7 Å². The molecule has 6 nitrogen and oxygen atoms in total. The molecule has 0 radical (unpaired) electrons. The summed E-state index contributed by atoms with van der Waals surface area (Å²) in [6, 6.07) is 10.4. The molecule has 0 atom stereocenters. The Morgan fingerprint density at radius 3 is 2.30 bits per heavy atom. The average molecular weight is 294 g/mol. The lowest BCUT2D eigenvalue weighted by molar-refractivity contribution is 0.389. The molecule has 0 aliphatic rings. The molecule has 0 spiro atoms. The lowest BCUT2D eigenvalue weighted by Crippen LogP contribution is -2.14. The van der Waals surface area contributed by atoms with Crippen LogP contribution in [0.1, 0.15) is 0 Å². The normalized spacial score (nSPS) is 11.3. The Balaban J connectivity index is 2.80. The van der Waals surface area contributed by atoms with Crippen molar-refractivity contribution < 1.29 is 18.3 Å². The van der Waals surface area contributed by atoms with Crippen molar-refractivity contribution in [3.8, 4) is 22.6 Å². The largest absolute Gasteiger partial charge is 0.504 e. The standard InChI is InChI=1S/C13H14N2O4S/c1-19-10-7-9(8-5-3-2-4-6-8)11(14)12(16)13(10)20(15,17)18/h2-7,16H,14H2,1H3,(H2,15,17,18). The third-order valence-corrected chi connectivity index (χ3v) is 3.81. The molecule has 0 aliphatic carbocycles. The van der Waals surface area contributed by atoms with Crippen LogP contribution in [0, 0.1) is 0 Å². The molecule has 0 bridgehead atoms. The summed E-state index contributed by atoms with van der Waals surface area (Å²) in [5.41, 5.74) is 6.93. The zero-order valence-corrected chi connectivity index (χ0v) is 11.5. The van der Waals surface area contributed by atoms with Gasteiger partial charge in [-0.25, -0.2) is 13.6 Å². The van der Waals surface area contributed by atoms with E-state index in [1.807, 2.05) is 6.07 Å². The maximum absolute atomic E-state index is 11.5. The molecule has 0 fully saturated rings. The highest BCUT2D eigenvalue weighted by Gasteiger charge is 2.25. The summed E-state index contributed by atoms with van der Waals surface area (Å²) in [4.78, 5) is -0.516. The SMILES string of the molecule is COc1cc(-c2ccccc2)c(N)c(O)c1S(N)(=O)=O. The Kier molecular flexibility index (Phi) is 3.56. The van der Waals surface area contributed by atoms with E-state index in [1.54, 1.807) is 24.3 Å². The van der Waals surface area contributed by atoms with Crippen molar-refractivity contribution in [2.75, 3.05) is 12.8 Å². The third-order valence-electron chi connectivity index (χ3n) is 2.85. The van der Waals surface area contributed by atoms with Gasteiger partial charge in [0.25, 0.3) is 0 Å². The van der Waals surface area contributed by atoms with Gasteiger partial charge >= 0.3 is 0 Å². The zero-order chi connectivity index (χ0) is 14.9. The number of sulfonamides is 1. The molecule has 0 aliphatic heterocycles. The minimum Gasteiger partial charge on any atom is -0.504 e. The fourth-order valence-electron chi connectivity index (χ4n) is 1.92. The number of hydrogen-bond donors (Lipinski definition) is 3. The summed E-state index contributed by atoms with van der Waals surface area (Å²) in [6.45, 7) is 0. The molecule has 0 unspecified atom stereocenters. The molecule has 106 valence electrons. The number of ether oxygens (including phenoxy) is 1. The minimum atomic E-state index is -4.15. The molecule has 0 aromatic heterocycles. The van der Waals surface area contributed by atoms with Crippen LogP contribution >= 0.6 is 0 Å². The van der Waals surface area contributed by atoms with E-state index in [4.69, 9.17) is 15.6 Å².